The summed E-state index contributed by atoms with van der Waals surface area (Å²) in [7, 11) is -2.09. The van der Waals surface area contributed by atoms with Crippen LogP contribution in [0.3, 0.4) is 0 Å². The maximum atomic E-state index is 12.3. The quantitative estimate of drug-likeness (QED) is 0.854. The molecular weight excluding hydrogens is 272 g/mol. The van der Waals surface area contributed by atoms with Gasteiger partial charge in [0.15, 0.2) is 0 Å². The predicted molar refractivity (Wildman–Crippen MR) is 71.0 cm³/mol. The lowest BCUT2D eigenvalue weighted by atomic mass is 10.2. The smallest absolute Gasteiger partial charge is 0.207 e. The van der Waals surface area contributed by atoms with Crippen LogP contribution in [0.5, 0.6) is 0 Å². The normalized spacial score (nSPS) is 11.6. The molecule has 0 radical (unpaired) electrons. The zero-order chi connectivity index (χ0) is 13.9. The van der Waals surface area contributed by atoms with E-state index in [9.17, 15) is 8.42 Å². The Bertz CT molecular complexity index is 591. The van der Waals surface area contributed by atoms with Gasteiger partial charge in [0.2, 0.25) is 10.0 Å². The summed E-state index contributed by atoms with van der Waals surface area (Å²) >= 11 is 5.95. The molecule has 0 saturated carbocycles. The summed E-state index contributed by atoms with van der Waals surface area (Å²) in [6.45, 7) is 3.65. The first-order valence-electron chi connectivity index (χ1n) is 5.40. The molecule has 0 aliphatic rings. The second-order valence-corrected chi connectivity index (χ2v) is 6.52. The first-order valence-corrected chi connectivity index (χ1v) is 7.22. The first kappa shape index (κ1) is 15.0. The molecule has 0 saturated heterocycles. The number of nitrogens with zero attached hydrogens (tertiary/aromatic N) is 2. The SMILES string of the molecule is Cc1cc(S(=O)(=O)N(C)CCC#N)c(C)cc1Cl. The molecule has 0 spiro atoms. The Morgan fingerprint density at radius 1 is 1.33 bits per heavy atom. The van der Waals surface area contributed by atoms with Gasteiger partial charge in [-0.05, 0) is 37.1 Å². The second kappa shape index (κ2) is 5.70. The summed E-state index contributed by atoms with van der Waals surface area (Å²) in [4.78, 5) is 0.241. The summed E-state index contributed by atoms with van der Waals surface area (Å²) in [5.41, 5.74) is 1.32. The number of hydrogen-bond donors (Lipinski definition) is 0. The number of sulfonamides is 1. The predicted octanol–water partition coefficient (Wildman–Crippen LogP) is 2.49. The number of halogens is 1. The average Bonchev–Trinajstić information content (AvgIpc) is 2.30. The van der Waals surface area contributed by atoms with Crippen LogP contribution in [-0.2, 0) is 10.0 Å². The lowest BCUT2D eigenvalue weighted by molar-refractivity contribution is 0.476. The van der Waals surface area contributed by atoms with E-state index in [4.69, 9.17) is 16.9 Å². The highest BCUT2D eigenvalue weighted by molar-refractivity contribution is 7.89. The Morgan fingerprint density at radius 3 is 2.50 bits per heavy atom. The first-order chi connectivity index (χ1) is 8.30. The maximum Gasteiger partial charge on any atom is 0.243 e. The number of hydrogen-bond acceptors (Lipinski definition) is 3. The molecule has 0 aliphatic heterocycles. The highest BCUT2D eigenvalue weighted by atomic mass is 35.5. The molecule has 6 heteroatoms. The molecule has 0 aromatic heterocycles. The Morgan fingerprint density at radius 2 is 1.94 bits per heavy atom. The molecule has 98 valence electrons. The van der Waals surface area contributed by atoms with Crippen LogP contribution in [0, 0.1) is 25.2 Å². The van der Waals surface area contributed by atoms with Crippen molar-refractivity contribution in [3.05, 3.63) is 28.3 Å². The van der Waals surface area contributed by atoms with Crippen LogP contribution >= 0.6 is 11.6 Å². The molecule has 4 nitrogen and oxygen atoms in total. The minimum Gasteiger partial charge on any atom is -0.207 e. The molecule has 1 aromatic carbocycles. The van der Waals surface area contributed by atoms with Crippen molar-refractivity contribution in [3.63, 3.8) is 0 Å². The van der Waals surface area contributed by atoms with E-state index in [1.165, 1.54) is 11.4 Å². The van der Waals surface area contributed by atoms with Crippen LogP contribution < -0.4 is 0 Å². The van der Waals surface area contributed by atoms with Crippen LogP contribution in [0.15, 0.2) is 17.0 Å². The molecule has 0 N–H and O–H groups in total. The molecule has 0 fully saturated rings. The van der Waals surface area contributed by atoms with Gasteiger partial charge in [-0.2, -0.15) is 9.57 Å². The second-order valence-electron chi connectivity index (χ2n) is 4.10. The topological polar surface area (TPSA) is 61.2 Å². The van der Waals surface area contributed by atoms with Crippen LogP contribution in [-0.4, -0.2) is 26.3 Å². The van der Waals surface area contributed by atoms with E-state index in [2.05, 4.69) is 0 Å². The molecule has 0 amide bonds. The van der Waals surface area contributed by atoms with Crippen molar-refractivity contribution >= 4 is 21.6 Å². The zero-order valence-electron chi connectivity index (χ0n) is 10.6. The third-order valence-electron chi connectivity index (χ3n) is 2.68. The number of rotatable bonds is 4. The third kappa shape index (κ3) is 3.02. The number of aryl methyl sites for hydroxylation is 2. The van der Waals surface area contributed by atoms with E-state index >= 15 is 0 Å². The fourth-order valence-electron chi connectivity index (χ4n) is 1.53. The fourth-order valence-corrected chi connectivity index (χ4v) is 3.21. The Kier molecular flexibility index (Phi) is 4.74. The molecule has 1 aromatic rings. The van der Waals surface area contributed by atoms with Gasteiger partial charge in [-0.1, -0.05) is 11.6 Å². The lowest BCUT2D eigenvalue weighted by Gasteiger charge is -2.18. The fraction of sp³-hybridized carbons (Fsp3) is 0.417. The van der Waals surface area contributed by atoms with Gasteiger partial charge in [0.1, 0.15) is 0 Å². The van der Waals surface area contributed by atoms with E-state index in [1.54, 1.807) is 26.0 Å². The maximum absolute atomic E-state index is 12.3. The minimum absolute atomic E-state index is 0.168. The zero-order valence-corrected chi connectivity index (χ0v) is 12.1. The van der Waals surface area contributed by atoms with Crippen molar-refractivity contribution in [1.29, 1.82) is 5.26 Å². The Labute approximate surface area is 113 Å². The third-order valence-corrected chi connectivity index (χ3v) is 5.09. The number of benzene rings is 1. The molecular formula is C12H15ClN2O2S. The van der Waals surface area contributed by atoms with Gasteiger partial charge >= 0.3 is 0 Å². The Balaban J connectivity index is 3.21. The summed E-state index contributed by atoms with van der Waals surface area (Å²) in [6, 6.07) is 5.14. The van der Waals surface area contributed by atoms with E-state index < -0.39 is 10.0 Å². The van der Waals surface area contributed by atoms with E-state index in [1.807, 2.05) is 6.07 Å². The van der Waals surface area contributed by atoms with Crippen molar-refractivity contribution in [2.45, 2.75) is 25.2 Å². The summed E-state index contributed by atoms with van der Waals surface area (Å²) in [5.74, 6) is 0. The van der Waals surface area contributed by atoms with Gasteiger partial charge in [0, 0.05) is 25.0 Å². The lowest BCUT2D eigenvalue weighted by Crippen LogP contribution is -2.28. The van der Waals surface area contributed by atoms with Crippen LogP contribution in [0.4, 0.5) is 0 Å². The van der Waals surface area contributed by atoms with Gasteiger partial charge in [-0.3, -0.25) is 0 Å². The van der Waals surface area contributed by atoms with E-state index in [0.29, 0.717) is 10.6 Å². The summed E-state index contributed by atoms with van der Waals surface area (Å²) in [5, 5.41) is 9.04. The summed E-state index contributed by atoms with van der Waals surface area (Å²) in [6.07, 6.45) is 0.168. The molecule has 0 aliphatic carbocycles. The monoisotopic (exact) mass is 286 g/mol. The standard InChI is InChI=1S/C12H15ClN2O2S/c1-9-8-12(10(2)7-11(9)13)18(16,17)15(3)6-4-5-14/h7-8H,4,6H2,1-3H3. The highest BCUT2D eigenvalue weighted by Gasteiger charge is 2.23. The largest absolute Gasteiger partial charge is 0.243 e. The Hall–Kier alpha value is -1.09. The van der Waals surface area contributed by atoms with Crippen molar-refractivity contribution < 1.29 is 8.42 Å². The molecule has 1 rings (SSSR count). The minimum atomic E-state index is -3.56. The van der Waals surface area contributed by atoms with E-state index in [0.717, 1.165) is 5.56 Å². The average molecular weight is 287 g/mol. The van der Waals surface area contributed by atoms with Crippen molar-refractivity contribution in [3.8, 4) is 6.07 Å². The van der Waals surface area contributed by atoms with Gasteiger partial charge in [-0.15, -0.1) is 0 Å². The van der Waals surface area contributed by atoms with Crippen molar-refractivity contribution in [1.82, 2.24) is 4.31 Å². The molecule has 0 bridgehead atoms. The van der Waals surface area contributed by atoms with E-state index in [-0.39, 0.29) is 17.9 Å². The molecule has 0 unspecified atom stereocenters. The van der Waals surface area contributed by atoms with Crippen molar-refractivity contribution in [2.75, 3.05) is 13.6 Å². The summed E-state index contributed by atoms with van der Waals surface area (Å²) < 4.78 is 25.8. The molecule has 0 heterocycles. The van der Waals surface area contributed by atoms with Gasteiger partial charge in [0.25, 0.3) is 0 Å². The van der Waals surface area contributed by atoms with Crippen LogP contribution in [0.25, 0.3) is 0 Å². The van der Waals surface area contributed by atoms with Gasteiger partial charge in [-0.25, -0.2) is 8.42 Å². The van der Waals surface area contributed by atoms with Gasteiger partial charge in [0.05, 0.1) is 11.0 Å². The highest BCUT2D eigenvalue weighted by Crippen LogP contribution is 2.25. The number of nitriles is 1. The van der Waals surface area contributed by atoms with Crippen LogP contribution in [0.1, 0.15) is 17.5 Å². The van der Waals surface area contributed by atoms with Crippen molar-refractivity contribution in [2.24, 2.45) is 0 Å². The molecule has 18 heavy (non-hydrogen) atoms. The van der Waals surface area contributed by atoms with Crippen LogP contribution in [0.2, 0.25) is 5.02 Å². The molecule has 0 atom stereocenters. The van der Waals surface area contributed by atoms with Gasteiger partial charge < -0.3 is 0 Å².